The summed E-state index contributed by atoms with van der Waals surface area (Å²) in [4.78, 5) is 3.98. The fourth-order valence-corrected chi connectivity index (χ4v) is 2.31. The van der Waals surface area contributed by atoms with Gasteiger partial charge in [0.15, 0.2) is 0 Å². The van der Waals surface area contributed by atoms with Crippen LogP contribution in [0.25, 0.3) is 5.69 Å². The Labute approximate surface area is 125 Å². The second-order valence-electron chi connectivity index (χ2n) is 4.84. The van der Waals surface area contributed by atoms with Crippen molar-refractivity contribution in [2.75, 3.05) is 11.9 Å². The van der Waals surface area contributed by atoms with Gasteiger partial charge in [-0.15, -0.1) is 0 Å². The first-order valence-electron chi connectivity index (χ1n) is 7.19. The van der Waals surface area contributed by atoms with Gasteiger partial charge in [0, 0.05) is 11.6 Å². The van der Waals surface area contributed by atoms with Crippen LogP contribution < -0.4 is 5.32 Å². The lowest BCUT2D eigenvalue weighted by atomic mass is 10.1. The number of benzene rings is 1. The molecule has 20 heavy (non-hydrogen) atoms. The third kappa shape index (κ3) is 4.23. The summed E-state index contributed by atoms with van der Waals surface area (Å²) in [6.45, 7) is 3.18. The number of unbranched alkanes of at least 4 members (excludes halogenated alkanes) is 4. The molecule has 2 aromatic rings. The molecule has 0 bridgehead atoms. The first-order chi connectivity index (χ1) is 9.81. The molecular weight excluding hydrogens is 272 g/mol. The van der Waals surface area contributed by atoms with Crippen molar-refractivity contribution in [1.82, 2.24) is 14.8 Å². The van der Waals surface area contributed by atoms with Gasteiger partial charge in [-0.05, 0) is 24.6 Å². The molecule has 108 valence electrons. The first kappa shape index (κ1) is 14.9. The van der Waals surface area contributed by atoms with Gasteiger partial charge in [-0.1, -0.05) is 44.2 Å². The van der Waals surface area contributed by atoms with E-state index in [4.69, 9.17) is 11.6 Å². The lowest BCUT2D eigenvalue weighted by Crippen LogP contribution is -2.06. The highest BCUT2D eigenvalue weighted by molar-refractivity contribution is 6.31. The van der Waals surface area contributed by atoms with Gasteiger partial charge in [-0.2, -0.15) is 5.10 Å². The van der Waals surface area contributed by atoms with Crippen LogP contribution in [0.5, 0.6) is 0 Å². The van der Waals surface area contributed by atoms with E-state index in [0.717, 1.165) is 22.9 Å². The van der Waals surface area contributed by atoms with Crippen LogP contribution in [-0.2, 0) is 0 Å². The van der Waals surface area contributed by atoms with E-state index in [-0.39, 0.29) is 0 Å². The zero-order valence-electron chi connectivity index (χ0n) is 11.8. The summed E-state index contributed by atoms with van der Waals surface area (Å²) in [5, 5.41) is 8.34. The van der Waals surface area contributed by atoms with Gasteiger partial charge in [0.25, 0.3) is 0 Å². The minimum Gasteiger partial charge on any atom is -0.383 e. The molecule has 5 heteroatoms. The maximum atomic E-state index is 6.07. The molecule has 1 heterocycles. The molecule has 0 fully saturated rings. The Bertz CT molecular complexity index is 511. The lowest BCUT2D eigenvalue weighted by molar-refractivity contribution is 0.645. The quantitative estimate of drug-likeness (QED) is 0.738. The summed E-state index contributed by atoms with van der Waals surface area (Å²) in [5.74, 6) is 0. The Morgan fingerprint density at radius 2 is 2.05 bits per heavy atom. The van der Waals surface area contributed by atoms with Crippen LogP contribution >= 0.6 is 11.6 Å². The van der Waals surface area contributed by atoms with Crippen molar-refractivity contribution in [2.45, 2.75) is 39.0 Å². The van der Waals surface area contributed by atoms with E-state index < -0.39 is 0 Å². The first-order valence-corrected chi connectivity index (χ1v) is 7.57. The summed E-state index contributed by atoms with van der Waals surface area (Å²) in [6, 6.07) is 5.76. The second kappa shape index (κ2) is 7.90. The summed E-state index contributed by atoms with van der Waals surface area (Å²) < 4.78 is 1.75. The zero-order chi connectivity index (χ0) is 14.2. The number of hydrogen-bond donors (Lipinski definition) is 1. The molecule has 0 saturated carbocycles. The van der Waals surface area contributed by atoms with Crippen molar-refractivity contribution >= 4 is 17.3 Å². The smallest absolute Gasteiger partial charge is 0.138 e. The molecule has 0 unspecified atom stereocenters. The molecule has 1 aromatic heterocycles. The topological polar surface area (TPSA) is 42.7 Å². The van der Waals surface area contributed by atoms with E-state index in [1.54, 1.807) is 11.0 Å². The van der Waals surface area contributed by atoms with Crippen LogP contribution in [-0.4, -0.2) is 21.3 Å². The lowest BCUT2D eigenvalue weighted by Gasteiger charge is -2.12. The van der Waals surface area contributed by atoms with Crippen molar-refractivity contribution in [1.29, 1.82) is 0 Å². The van der Waals surface area contributed by atoms with E-state index in [1.165, 1.54) is 38.4 Å². The van der Waals surface area contributed by atoms with Crippen molar-refractivity contribution in [2.24, 2.45) is 0 Å². The predicted octanol–water partition coefficient (Wildman–Crippen LogP) is 4.30. The molecule has 0 aliphatic rings. The largest absolute Gasteiger partial charge is 0.383 e. The standard InChI is InChI=1S/C15H21ClN4/c1-2-3-4-5-6-9-18-14-10-13(16)7-8-15(14)20-12-17-11-19-20/h7-8,10-12,18H,2-6,9H2,1H3. The fourth-order valence-electron chi connectivity index (χ4n) is 2.13. The zero-order valence-corrected chi connectivity index (χ0v) is 12.6. The highest BCUT2D eigenvalue weighted by atomic mass is 35.5. The van der Waals surface area contributed by atoms with E-state index in [1.807, 2.05) is 18.2 Å². The molecule has 0 saturated heterocycles. The normalized spacial score (nSPS) is 10.7. The molecule has 1 N–H and O–H groups in total. The Morgan fingerprint density at radius 1 is 1.20 bits per heavy atom. The molecule has 0 spiro atoms. The van der Waals surface area contributed by atoms with Crippen LogP contribution in [0.3, 0.4) is 0 Å². The Kier molecular flexibility index (Phi) is 5.87. The number of halogens is 1. The third-order valence-electron chi connectivity index (χ3n) is 3.22. The number of nitrogens with one attached hydrogen (secondary N) is 1. The maximum Gasteiger partial charge on any atom is 0.138 e. The molecule has 0 amide bonds. The number of rotatable bonds is 8. The highest BCUT2D eigenvalue weighted by Crippen LogP contribution is 2.23. The molecule has 0 radical (unpaired) electrons. The van der Waals surface area contributed by atoms with Crippen LogP contribution in [0.4, 0.5) is 5.69 Å². The molecule has 0 atom stereocenters. The molecule has 1 aromatic carbocycles. The van der Waals surface area contributed by atoms with Crippen LogP contribution in [0.15, 0.2) is 30.9 Å². The summed E-state index contributed by atoms with van der Waals surface area (Å²) in [6.07, 6.45) is 9.56. The van der Waals surface area contributed by atoms with E-state index >= 15 is 0 Å². The van der Waals surface area contributed by atoms with Crippen LogP contribution in [0.1, 0.15) is 39.0 Å². The number of aromatic nitrogens is 3. The average molecular weight is 293 g/mol. The molecular formula is C15H21ClN4. The maximum absolute atomic E-state index is 6.07. The van der Waals surface area contributed by atoms with Gasteiger partial charge in [0.2, 0.25) is 0 Å². The van der Waals surface area contributed by atoms with Crippen LogP contribution in [0.2, 0.25) is 5.02 Å². The SMILES string of the molecule is CCCCCCCNc1cc(Cl)ccc1-n1cncn1. The minimum absolute atomic E-state index is 0.724. The molecule has 0 aliphatic carbocycles. The fraction of sp³-hybridized carbons (Fsp3) is 0.467. The Morgan fingerprint density at radius 3 is 2.80 bits per heavy atom. The van der Waals surface area contributed by atoms with E-state index in [9.17, 15) is 0 Å². The van der Waals surface area contributed by atoms with Gasteiger partial charge in [0.05, 0.1) is 11.4 Å². The van der Waals surface area contributed by atoms with Gasteiger partial charge < -0.3 is 5.32 Å². The molecule has 4 nitrogen and oxygen atoms in total. The van der Waals surface area contributed by atoms with Gasteiger partial charge in [-0.3, -0.25) is 0 Å². The molecule has 2 rings (SSSR count). The second-order valence-corrected chi connectivity index (χ2v) is 5.28. The van der Waals surface area contributed by atoms with Gasteiger partial charge >= 0.3 is 0 Å². The number of hydrogen-bond acceptors (Lipinski definition) is 3. The summed E-state index contributed by atoms with van der Waals surface area (Å²) in [7, 11) is 0. The predicted molar refractivity (Wildman–Crippen MR) is 83.6 cm³/mol. The monoisotopic (exact) mass is 292 g/mol. The molecule has 0 aliphatic heterocycles. The Balaban J connectivity index is 1.94. The summed E-state index contributed by atoms with van der Waals surface area (Å²) >= 11 is 6.07. The van der Waals surface area contributed by atoms with Crippen LogP contribution in [0, 0.1) is 0 Å². The van der Waals surface area contributed by atoms with Crippen molar-refractivity contribution in [3.63, 3.8) is 0 Å². The van der Waals surface area contributed by atoms with Crippen molar-refractivity contribution < 1.29 is 0 Å². The summed E-state index contributed by atoms with van der Waals surface area (Å²) in [5.41, 5.74) is 1.97. The van der Waals surface area contributed by atoms with Crippen molar-refractivity contribution in [3.8, 4) is 5.69 Å². The van der Waals surface area contributed by atoms with Gasteiger partial charge in [-0.25, -0.2) is 9.67 Å². The number of nitrogens with zero attached hydrogens (tertiary/aromatic N) is 3. The van der Waals surface area contributed by atoms with E-state index in [0.29, 0.717) is 0 Å². The third-order valence-corrected chi connectivity index (χ3v) is 3.46. The minimum atomic E-state index is 0.724. The number of anilines is 1. The Hall–Kier alpha value is -1.55. The van der Waals surface area contributed by atoms with Crippen molar-refractivity contribution in [3.05, 3.63) is 35.9 Å². The highest BCUT2D eigenvalue weighted by Gasteiger charge is 2.05. The van der Waals surface area contributed by atoms with Gasteiger partial charge in [0.1, 0.15) is 12.7 Å². The average Bonchev–Trinajstić information content (AvgIpc) is 2.97. The van der Waals surface area contributed by atoms with E-state index in [2.05, 4.69) is 22.3 Å².